The highest BCUT2D eigenvalue weighted by Crippen LogP contribution is 2.31. The van der Waals surface area contributed by atoms with Crippen LogP contribution in [0.3, 0.4) is 0 Å². The van der Waals surface area contributed by atoms with Crippen LogP contribution in [0.1, 0.15) is 19.3 Å². The topological polar surface area (TPSA) is 17.1 Å². The highest BCUT2D eigenvalue weighted by molar-refractivity contribution is 8.00. The summed E-state index contributed by atoms with van der Waals surface area (Å²) in [4.78, 5) is 10.5. The van der Waals surface area contributed by atoms with Gasteiger partial charge in [-0.25, -0.2) is 0 Å². The Balaban J connectivity index is 2.35. The summed E-state index contributed by atoms with van der Waals surface area (Å²) < 4.78 is 35.2. The van der Waals surface area contributed by atoms with Crippen LogP contribution in [0.4, 0.5) is 13.2 Å². The SMILES string of the molecule is O=C(CC1CCCS1)C(F)(F)F. The molecule has 1 heterocycles. The summed E-state index contributed by atoms with van der Waals surface area (Å²) in [5.41, 5.74) is 0. The van der Waals surface area contributed by atoms with E-state index in [1.807, 2.05) is 0 Å². The molecule has 70 valence electrons. The van der Waals surface area contributed by atoms with Crippen LogP contribution in [-0.2, 0) is 4.79 Å². The Morgan fingerprint density at radius 1 is 1.50 bits per heavy atom. The maximum Gasteiger partial charge on any atom is 0.450 e. The summed E-state index contributed by atoms with van der Waals surface area (Å²) in [7, 11) is 0. The van der Waals surface area contributed by atoms with Crippen LogP contribution in [0.25, 0.3) is 0 Å². The van der Waals surface area contributed by atoms with Crippen LogP contribution in [0.15, 0.2) is 0 Å². The van der Waals surface area contributed by atoms with Crippen molar-refractivity contribution in [3.8, 4) is 0 Å². The number of Topliss-reactive ketones (excluding diaryl/α,β-unsaturated/α-hetero) is 1. The molecular weight excluding hydrogens is 189 g/mol. The first kappa shape index (κ1) is 9.89. The second-order valence-corrected chi connectivity index (χ2v) is 4.17. The highest BCUT2D eigenvalue weighted by Gasteiger charge is 2.39. The standard InChI is InChI=1S/C7H9F3OS/c8-7(9,10)6(11)4-5-2-1-3-12-5/h5H,1-4H2. The predicted octanol–water partition coefficient (Wildman–Crippen LogP) is 2.40. The number of hydrogen-bond donors (Lipinski definition) is 0. The van der Waals surface area contributed by atoms with E-state index in [4.69, 9.17) is 0 Å². The minimum atomic E-state index is -4.64. The third kappa shape index (κ3) is 2.69. The summed E-state index contributed by atoms with van der Waals surface area (Å²) in [5, 5.41) is -0.0980. The second kappa shape index (κ2) is 3.68. The molecule has 0 aliphatic carbocycles. The quantitative estimate of drug-likeness (QED) is 0.677. The van der Waals surface area contributed by atoms with Crippen molar-refractivity contribution < 1.29 is 18.0 Å². The molecule has 0 radical (unpaired) electrons. The van der Waals surface area contributed by atoms with Crippen molar-refractivity contribution in [2.45, 2.75) is 30.7 Å². The van der Waals surface area contributed by atoms with Crippen molar-refractivity contribution in [1.82, 2.24) is 0 Å². The number of carbonyl (C=O) groups excluding carboxylic acids is 1. The molecule has 0 bridgehead atoms. The molecule has 1 unspecified atom stereocenters. The number of hydrogen-bond acceptors (Lipinski definition) is 2. The van der Waals surface area contributed by atoms with Crippen molar-refractivity contribution in [3.05, 3.63) is 0 Å². The van der Waals surface area contributed by atoms with Gasteiger partial charge in [-0.3, -0.25) is 4.79 Å². The molecule has 0 aromatic heterocycles. The number of carbonyl (C=O) groups is 1. The lowest BCUT2D eigenvalue weighted by Crippen LogP contribution is -2.25. The van der Waals surface area contributed by atoms with E-state index in [1.54, 1.807) is 0 Å². The third-order valence-electron chi connectivity index (χ3n) is 1.75. The van der Waals surface area contributed by atoms with Crippen LogP contribution < -0.4 is 0 Å². The van der Waals surface area contributed by atoms with Gasteiger partial charge in [0.1, 0.15) is 0 Å². The summed E-state index contributed by atoms with van der Waals surface area (Å²) in [5.74, 6) is -0.697. The van der Waals surface area contributed by atoms with E-state index < -0.39 is 12.0 Å². The van der Waals surface area contributed by atoms with Crippen molar-refractivity contribution in [2.24, 2.45) is 0 Å². The van der Waals surface area contributed by atoms with E-state index in [-0.39, 0.29) is 11.7 Å². The van der Waals surface area contributed by atoms with Crippen molar-refractivity contribution in [1.29, 1.82) is 0 Å². The molecule has 0 saturated carbocycles. The molecular formula is C7H9F3OS. The Labute approximate surface area is 72.7 Å². The van der Waals surface area contributed by atoms with Gasteiger partial charge < -0.3 is 0 Å². The first-order valence-corrected chi connectivity index (χ1v) is 4.76. The Bertz CT molecular complexity index is 172. The Morgan fingerprint density at radius 2 is 2.17 bits per heavy atom. The van der Waals surface area contributed by atoms with Gasteiger partial charge >= 0.3 is 6.18 Å². The van der Waals surface area contributed by atoms with Gasteiger partial charge in [0.25, 0.3) is 0 Å². The average molecular weight is 198 g/mol. The van der Waals surface area contributed by atoms with Gasteiger partial charge in [-0.05, 0) is 18.6 Å². The second-order valence-electron chi connectivity index (χ2n) is 2.76. The fourth-order valence-corrected chi connectivity index (χ4v) is 2.40. The molecule has 1 nitrogen and oxygen atoms in total. The summed E-state index contributed by atoms with van der Waals surface area (Å²) in [6, 6.07) is 0. The maximum atomic E-state index is 11.7. The number of thioether (sulfide) groups is 1. The van der Waals surface area contributed by atoms with E-state index in [0.717, 1.165) is 18.6 Å². The molecule has 0 N–H and O–H groups in total. The summed E-state index contributed by atoms with van der Waals surface area (Å²) in [6.07, 6.45) is -3.30. The van der Waals surface area contributed by atoms with Crippen LogP contribution in [0, 0.1) is 0 Å². The zero-order valence-electron chi connectivity index (χ0n) is 6.36. The van der Waals surface area contributed by atoms with Gasteiger partial charge in [0.2, 0.25) is 5.78 Å². The molecule has 0 aromatic rings. The van der Waals surface area contributed by atoms with Crippen LogP contribution in [0.5, 0.6) is 0 Å². The fraction of sp³-hybridized carbons (Fsp3) is 0.857. The van der Waals surface area contributed by atoms with E-state index in [9.17, 15) is 18.0 Å². The molecule has 1 atom stereocenters. The number of ketones is 1. The highest BCUT2D eigenvalue weighted by atomic mass is 32.2. The van der Waals surface area contributed by atoms with Crippen LogP contribution in [0.2, 0.25) is 0 Å². The minimum absolute atomic E-state index is 0.0980. The summed E-state index contributed by atoms with van der Waals surface area (Å²) >= 11 is 1.47. The normalized spacial score (nSPS) is 24.4. The lowest BCUT2D eigenvalue weighted by atomic mass is 10.1. The first-order chi connectivity index (χ1) is 5.50. The largest absolute Gasteiger partial charge is 0.450 e. The minimum Gasteiger partial charge on any atom is -0.290 e. The maximum absolute atomic E-state index is 11.7. The van der Waals surface area contributed by atoms with Crippen LogP contribution in [-0.4, -0.2) is 23.0 Å². The lowest BCUT2D eigenvalue weighted by Gasteiger charge is -2.08. The molecule has 0 aromatic carbocycles. The monoisotopic (exact) mass is 198 g/mol. The van der Waals surface area contributed by atoms with Gasteiger partial charge in [-0.2, -0.15) is 24.9 Å². The molecule has 0 amide bonds. The lowest BCUT2D eigenvalue weighted by molar-refractivity contribution is -0.171. The number of halogens is 3. The van der Waals surface area contributed by atoms with Crippen molar-refractivity contribution >= 4 is 17.5 Å². The zero-order valence-corrected chi connectivity index (χ0v) is 7.17. The van der Waals surface area contributed by atoms with Crippen molar-refractivity contribution in [3.63, 3.8) is 0 Å². The smallest absolute Gasteiger partial charge is 0.290 e. The van der Waals surface area contributed by atoms with E-state index in [1.165, 1.54) is 11.8 Å². The third-order valence-corrected chi connectivity index (χ3v) is 3.15. The predicted molar refractivity (Wildman–Crippen MR) is 41.2 cm³/mol. The van der Waals surface area contributed by atoms with E-state index >= 15 is 0 Å². The zero-order chi connectivity index (χ0) is 9.19. The number of rotatable bonds is 2. The van der Waals surface area contributed by atoms with Gasteiger partial charge in [0.05, 0.1) is 0 Å². The average Bonchev–Trinajstić information content (AvgIpc) is 2.37. The van der Waals surface area contributed by atoms with Gasteiger partial charge in [0.15, 0.2) is 0 Å². The molecule has 0 spiro atoms. The fourth-order valence-electron chi connectivity index (χ4n) is 1.13. The molecule has 1 aliphatic rings. The molecule has 1 aliphatic heterocycles. The van der Waals surface area contributed by atoms with E-state index in [2.05, 4.69) is 0 Å². The van der Waals surface area contributed by atoms with Crippen LogP contribution >= 0.6 is 11.8 Å². The summed E-state index contributed by atoms with van der Waals surface area (Å²) in [6.45, 7) is 0. The molecule has 1 rings (SSSR count). The van der Waals surface area contributed by atoms with Gasteiger partial charge in [0, 0.05) is 11.7 Å². The number of alkyl halides is 3. The Kier molecular flexibility index (Phi) is 3.04. The van der Waals surface area contributed by atoms with E-state index in [0.29, 0.717) is 0 Å². The van der Waals surface area contributed by atoms with Gasteiger partial charge in [-0.1, -0.05) is 0 Å². The molecule has 5 heteroatoms. The Morgan fingerprint density at radius 3 is 2.58 bits per heavy atom. The molecule has 1 saturated heterocycles. The Hall–Kier alpha value is -0.190. The molecule has 12 heavy (non-hydrogen) atoms. The first-order valence-electron chi connectivity index (χ1n) is 3.72. The van der Waals surface area contributed by atoms with Crippen molar-refractivity contribution in [2.75, 3.05) is 5.75 Å². The molecule has 1 fully saturated rings. The van der Waals surface area contributed by atoms with Gasteiger partial charge in [-0.15, -0.1) is 0 Å².